The van der Waals surface area contributed by atoms with E-state index in [0.717, 1.165) is 19.3 Å². The van der Waals surface area contributed by atoms with Crippen molar-refractivity contribution in [1.29, 1.82) is 0 Å². The van der Waals surface area contributed by atoms with Crippen LogP contribution >= 0.6 is 12.2 Å². The smallest absolute Gasteiger partial charge is 0.243 e. The maximum absolute atomic E-state index is 13.0. The summed E-state index contributed by atoms with van der Waals surface area (Å²) in [5.74, 6) is 0. The van der Waals surface area contributed by atoms with Gasteiger partial charge in [0.2, 0.25) is 10.0 Å². The van der Waals surface area contributed by atoms with Gasteiger partial charge in [0.15, 0.2) is 4.77 Å². The minimum absolute atomic E-state index is 0.423. The lowest BCUT2D eigenvalue weighted by Crippen LogP contribution is -2.48. The molecule has 0 bridgehead atoms. The first-order valence-corrected chi connectivity index (χ1v) is 11.4. The van der Waals surface area contributed by atoms with E-state index in [0.29, 0.717) is 49.1 Å². The van der Waals surface area contributed by atoms with Crippen molar-refractivity contribution in [2.45, 2.75) is 37.4 Å². The fourth-order valence-corrected chi connectivity index (χ4v) is 5.59. The van der Waals surface area contributed by atoms with E-state index >= 15 is 0 Å². The maximum atomic E-state index is 13.0. The van der Waals surface area contributed by atoms with Crippen LogP contribution in [0.1, 0.15) is 17.5 Å². The van der Waals surface area contributed by atoms with Crippen LogP contribution < -0.4 is 0 Å². The SMILES string of the molecule is C=CCn1cnn(CN2CCN(S(=O)(=O)c3ccc4c(c3)CCC4)CC2)c1=S. The number of aromatic nitrogens is 3. The number of benzene rings is 1. The molecule has 1 aliphatic carbocycles. The van der Waals surface area contributed by atoms with Gasteiger partial charge in [0.05, 0.1) is 11.6 Å². The normalized spacial score (nSPS) is 18.3. The summed E-state index contributed by atoms with van der Waals surface area (Å²) in [6.07, 6.45) is 6.64. The highest BCUT2D eigenvalue weighted by Crippen LogP contribution is 2.26. The molecule has 150 valence electrons. The molecule has 1 aromatic heterocycles. The first-order valence-electron chi connectivity index (χ1n) is 9.56. The number of fused-ring (bicyclic) bond motifs is 1. The third kappa shape index (κ3) is 3.71. The second kappa shape index (κ2) is 7.90. The van der Waals surface area contributed by atoms with E-state index in [2.05, 4.69) is 16.6 Å². The summed E-state index contributed by atoms with van der Waals surface area (Å²) in [6, 6.07) is 5.61. The summed E-state index contributed by atoms with van der Waals surface area (Å²) in [5.41, 5.74) is 2.47. The Labute approximate surface area is 170 Å². The monoisotopic (exact) mass is 419 g/mol. The van der Waals surface area contributed by atoms with Crippen molar-refractivity contribution in [3.8, 4) is 0 Å². The molecule has 0 amide bonds. The molecule has 2 aromatic rings. The molecule has 0 N–H and O–H groups in total. The Kier molecular flexibility index (Phi) is 5.50. The van der Waals surface area contributed by atoms with Crippen molar-refractivity contribution in [3.63, 3.8) is 0 Å². The van der Waals surface area contributed by atoms with Crippen LogP contribution in [0.25, 0.3) is 0 Å². The second-order valence-corrected chi connectivity index (χ2v) is 9.60. The first-order chi connectivity index (χ1) is 13.5. The van der Waals surface area contributed by atoms with E-state index in [1.54, 1.807) is 27.5 Å². The lowest BCUT2D eigenvalue weighted by Gasteiger charge is -2.33. The molecule has 0 saturated carbocycles. The number of piperazine rings is 1. The Morgan fingerprint density at radius 1 is 1.14 bits per heavy atom. The molecule has 0 spiro atoms. The third-order valence-corrected chi connectivity index (χ3v) is 7.84. The van der Waals surface area contributed by atoms with Crippen LogP contribution in [0, 0.1) is 4.77 Å². The lowest BCUT2D eigenvalue weighted by molar-refractivity contribution is 0.144. The zero-order valence-electron chi connectivity index (χ0n) is 15.8. The number of aryl methyl sites for hydroxylation is 2. The standard InChI is InChI=1S/C19H25N5O2S2/c1-2-8-22-14-20-24(19(22)27)15-21-9-11-23(12-10-21)28(25,26)18-7-6-16-4-3-5-17(16)13-18/h2,6-7,13-14H,1,3-5,8-12,15H2. The number of rotatable bonds is 6. The van der Waals surface area contributed by atoms with Crippen molar-refractivity contribution in [2.24, 2.45) is 0 Å². The fraction of sp³-hybridized carbons (Fsp3) is 0.474. The van der Waals surface area contributed by atoms with Gasteiger partial charge in [-0.2, -0.15) is 9.40 Å². The molecular formula is C19H25N5O2S2. The Balaban J connectivity index is 1.41. The first kappa shape index (κ1) is 19.5. The summed E-state index contributed by atoms with van der Waals surface area (Å²) < 4.78 is 31.9. The van der Waals surface area contributed by atoms with Crippen molar-refractivity contribution in [1.82, 2.24) is 23.6 Å². The summed E-state index contributed by atoms with van der Waals surface area (Å²) in [5, 5.41) is 4.33. The number of hydrogen-bond donors (Lipinski definition) is 0. The van der Waals surface area contributed by atoms with E-state index < -0.39 is 10.0 Å². The molecule has 0 unspecified atom stereocenters. The Morgan fingerprint density at radius 2 is 1.89 bits per heavy atom. The molecule has 28 heavy (non-hydrogen) atoms. The van der Waals surface area contributed by atoms with E-state index in [1.165, 1.54) is 11.1 Å². The highest BCUT2D eigenvalue weighted by atomic mass is 32.2. The highest BCUT2D eigenvalue weighted by Gasteiger charge is 2.29. The molecule has 0 atom stereocenters. The van der Waals surface area contributed by atoms with E-state index in [9.17, 15) is 8.42 Å². The molecule has 1 saturated heterocycles. The van der Waals surface area contributed by atoms with Crippen LogP contribution in [0.4, 0.5) is 0 Å². The average molecular weight is 420 g/mol. The third-order valence-electron chi connectivity index (χ3n) is 5.50. The van der Waals surface area contributed by atoms with E-state index in [1.807, 2.05) is 16.7 Å². The van der Waals surface area contributed by atoms with Crippen molar-refractivity contribution >= 4 is 22.2 Å². The molecule has 2 aliphatic rings. The quantitative estimate of drug-likeness (QED) is 0.530. The predicted molar refractivity (Wildman–Crippen MR) is 110 cm³/mol. The zero-order chi connectivity index (χ0) is 19.7. The zero-order valence-corrected chi connectivity index (χ0v) is 17.5. The minimum atomic E-state index is -3.44. The Hall–Kier alpha value is -1.81. The van der Waals surface area contributed by atoms with Crippen LogP contribution in [0.15, 0.2) is 42.1 Å². The van der Waals surface area contributed by atoms with Gasteiger partial charge in [-0.1, -0.05) is 12.1 Å². The van der Waals surface area contributed by atoms with Crippen LogP contribution in [-0.2, 0) is 36.1 Å². The topological polar surface area (TPSA) is 63.4 Å². The van der Waals surface area contributed by atoms with Gasteiger partial charge >= 0.3 is 0 Å². The van der Waals surface area contributed by atoms with Gasteiger partial charge in [-0.05, 0) is 54.7 Å². The molecule has 7 nitrogen and oxygen atoms in total. The largest absolute Gasteiger partial charge is 0.303 e. The summed E-state index contributed by atoms with van der Waals surface area (Å²) in [6.45, 7) is 7.17. The average Bonchev–Trinajstić information content (AvgIpc) is 3.30. The Morgan fingerprint density at radius 3 is 2.64 bits per heavy atom. The number of nitrogens with zero attached hydrogens (tertiary/aromatic N) is 5. The molecule has 2 heterocycles. The summed E-state index contributed by atoms with van der Waals surface area (Å²) >= 11 is 5.43. The fourth-order valence-electron chi connectivity index (χ4n) is 3.89. The van der Waals surface area contributed by atoms with Crippen molar-refractivity contribution in [3.05, 3.63) is 53.1 Å². The lowest BCUT2D eigenvalue weighted by atomic mass is 10.1. The van der Waals surface area contributed by atoms with E-state index in [-0.39, 0.29) is 0 Å². The number of allylic oxidation sites excluding steroid dienone is 1. The van der Waals surface area contributed by atoms with Crippen LogP contribution in [0.5, 0.6) is 0 Å². The Bertz CT molecular complexity index is 1030. The predicted octanol–water partition coefficient (Wildman–Crippen LogP) is 2.05. The van der Waals surface area contributed by atoms with Crippen LogP contribution in [-0.4, -0.2) is 58.1 Å². The molecule has 1 fully saturated rings. The number of hydrogen-bond acceptors (Lipinski definition) is 5. The van der Waals surface area contributed by atoms with Crippen molar-refractivity contribution < 1.29 is 8.42 Å². The summed E-state index contributed by atoms with van der Waals surface area (Å²) in [4.78, 5) is 2.60. The minimum Gasteiger partial charge on any atom is -0.303 e. The van der Waals surface area contributed by atoms with Gasteiger partial charge in [0, 0.05) is 32.7 Å². The van der Waals surface area contributed by atoms with Gasteiger partial charge in [-0.15, -0.1) is 6.58 Å². The molecule has 0 radical (unpaired) electrons. The van der Waals surface area contributed by atoms with Crippen molar-refractivity contribution in [2.75, 3.05) is 26.2 Å². The van der Waals surface area contributed by atoms with Gasteiger partial charge in [-0.25, -0.2) is 13.1 Å². The summed E-state index contributed by atoms with van der Waals surface area (Å²) in [7, 11) is -3.44. The van der Waals surface area contributed by atoms with Crippen LogP contribution in [0.2, 0.25) is 0 Å². The second-order valence-electron chi connectivity index (χ2n) is 7.30. The molecule has 4 rings (SSSR count). The molecular weight excluding hydrogens is 394 g/mol. The molecule has 1 aliphatic heterocycles. The van der Waals surface area contributed by atoms with Gasteiger partial charge in [0.1, 0.15) is 6.33 Å². The van der Waals surface area contributed by atoms with Gasteiger partial charge in [0.25, 0.3) is 0 Å². The molecule has 9 heteroatoms. The molecule has 1 aromatic carbocycles. The van der Waals surface area contributed by atoms with Crippen LogP contribution in [0.3, 0.4) is 0 Å². The van der Waals surface area contributed by atoms with Gasteiger partial charge in [-0.3, -0.25) is 4.90 Å². The highest BCUT2D eigenvalue weighted by molar-refractivity contribution is 7.89. The maximum Gasteiger partial charge on any atom is 0.243 e. The van der Waals surface area contributed by atoms with E-state index in [4.69, 9.17) is 12.2 Å². The number of sulfonamides is 1. The van der Waals surface area contributed by atoms with Gasteiger partial charge < -0.3 is 4.57 Å².